The second kappa shape index (κ2) is 11.7. The molecule has 2 aromatic carbocycles. The van der Waals surface area contributed by atoms with Crippen LogP contribution in [0.2, 0.25) is 0 Å². The van der Waals surface area contributed by atoms with Crippen LogP contribution in [-0.2, 0) is 12.3 Å². The highest BCUT2D eigenvalue weighted by atomic mass is 32.1. The number of benzene rings is 2. The SMILES string of the molecule is c1csc(P(Cc2ccccc2-c2ccccc2CP(c2cccs2)c2cccs2)c2cccs2)c1. The van der Waals surface area contributed by atoms with Crippen LogP contribution in [0, 0.1) is 0 Å². The summed E-state index contributed by atoms with van der Waals surface area (Å²) >= 11 is 7.60. The van der Waals surface area contributed by atoms with E-state index in [4.69, 9.17) is 0 Å². The lowest BCUT2D eigenvalue weighted by atomic mass is 9.97. The van der Waals surface area contributed by atoms with Crippen molar-refractivity contribution >= 4 is 79.7 Å². The molecule has 0 spiro atoms. The zero-order chi connectivity index (χ0) is 24.2. The first-order valence-electron chi connectivity index (χ1n) is 11.7. The summed E-state index contributed by atoms with van der Waals surface area (Å²) in [7, 11) is -0.802. The van der Waals surface area contributed by atoms with Gasteiger partial charge in [-0.05, 0) is 83.9 Å². The minimum atomic E-state index is -0.401. The third-order valence-corrected chi connectivity index (χ3v) is 16.7. The van der Waals surface area contributed by atoms with E-state index >= 15 is 0 Å². The molecular weight excluding hydrogens is 551 g/mol. The maximum absolute atomic E-state index is 2.35. The molecule has 6 rings (SSSR count). The number of hydrogen-bond acceptors (Lipinski definition) is 4. The lowest BCUT2D eigenvalue weighted by Gasteiger charge is -2.21. The summed E-state index contributed by atoms with van der Waals surface area (Å²) in [5.74, 6) is 0. The van der Waals surface area contributed by atoms with Crippen LogP contribution in [0.5, 0.6) is 0 Å². The fourth-order valence-electron chi connectivity index (χ4n) is 4.41. The van der Waals surface area contributed by atoms with E-state index in [9.17, 15) is 0 Å². The Morgan fingerprint density at radius 1 is 0.389 bits per heavy atom. The molecule has 0 aliphatic heterocycles. The Hall–Kier alpha value is -1.90. The smallest absolute Gasteiger partial charge is 0.0335 e. The predicted octanol–water partition coefficient (Wildman–Crippen LogP) is 8.87. The van der Waals surface area contributed by atoms with Gasteiger partial charge < -0.3 is 0 Å². The molecule has 4 aromatic heterocycles. The van der Waals surface area contributed by atoms with Gasteiger partial charge in [0.15, 0.2) is 0 Å². The Bertz CT molecular complexity index is 1300. The van der Waals surface area contributed by atoms with Gasteiger partial charge in [-0.1, -0.05) is 72.8 Å². The molecule has 0 nitrogen and oxygen atoms in total. The quantitative estimate of drug-likeness (QED) is 0.151. The van der Waals surface area contributed by atoms with Crippen molar-refractivity contribution in [3.8, 4) is 11.1 Å². The summed E-state index contributed by atoms with van der Waals surface area (Å²) < 4.78 is 6.03. The van der Waals surface area contributed by atoms with E-state index in [1.807, 2.05) is 45.3 Å². The van der Waals surface area contributed by atoms with Crippen LogP contribution in [-0.4, -0.2) is 0 Å². The van der Waals surface area contributed by atoms with Crippen LogP contribution in [0.15, 0.2) is 119 Å². The topological polar surface area (TPSA) is 0 Å². The monoisotopic (exact) mass is 574 g/mol. The standard InChI is InChI=1S/C30H24P2S4/c1-3-11-25(23(9-1)21-31(27-13-5-17-33-27)28-14-6-18-34-28)26-12-4-2-10-24(26)22-32(29-15-7-19-35-29)30-16-8-20-36-30/h1-20H,21-22H2. The molecule has 0 amide bonds. The Balaban J connectivity index is 1.38. The highest BCUT2D eigenvalue weighted by molar-refractivity contribution is 7.81. The Morgan fingerprint density at radius 2 is 0.722 bits per heavy atom. The van der Waals surface area contributed by atoms with Gasteiger partial charge in [-0.3, -0.25) is 0 Å². The van der Waals surface area contributed by atoms with E-state index in [1.54, 1.807) is 0 Å². The highest BCUT2D eigenvalue weighted by Crippen LogP contribution is 2.46. The minimum Gasteiger partial charge on any atom is -0.144 e. The van der Waals surface area contributed by atoms with E-state index in [2.05, 4.69) is 119 Å². The molecular formula is C30H24P2S4. The van der Waals surface area contributed by atoms with Crippen LogP contribution in [0.1, 0.15) is 11.1 Å². The zero-order valence-electron chi connectivity index (χ0n) is 19.5. The molecule has 0 saturated heterocycles. The lowest BCUT2D eigenvalue weighted by molar-refractivity contribution is 1.35. The van der Waals surface area contributed by atoms with Gasteiger partial charge in [0.2, 0.25) is 0 Å². The molecule has 0 bridgehead atoms. The fraction of sp³-hybridized carbons (Fsp3) is 0.0667. The van der Waals surface area contributed by atoms with Crippen molar-refractivity contribution in [2.75, 3.05) is 0 Å². The van der Waals surface area contributed by atoms with Crippen LogP contribution < -0.4 is 18.5 Å². The van der Waals surface area contributed by atoms with Gasteiger partial charge in [-0.2, -0.15) is 0 Å². The van der Waals surface area contributed by atoms with Crippen molar-refractivity contribution in [1.29, 1.82) is 0 Å². The molecule has 178 valence electrons. The van der Waals surface area contributed by atoms with Crippen LogP contribution in [0.4, 0.5) is 0 Å². The van der Waals surface area contributed by atoms with E-state index in [0.717, 1.165) is 12.3 Å². The Kier molecular flexibility index (Phi) is 7.91. The van der Waals surface area contributed by atoms with Gasteiger partial charge in [0, 0.05) is 30.8 Å². The van der Waals surface area contributed by atoms with Crippen molar-refractivity contribution in [2.45, 2.75) is 12.3 Å². The van der Waals surface area contributed by atoms with Crippen LogP contribution in [0.3, 0.4) is 0 Å². The number of thiophene rings is 4. The lowest BCUT2D eigenvalue weighted by Crippen LogP contribution is -2.09. The Morgan fingerprint density at radius 3 is 1.03 bits per heavy atom. The summed E-state index contributed by atoms with van der Waals surface area (Å²) in [5.41, 5.74) is 5.69. The first-order chi connectivity index (χ1) is 17.9. The maximum atomic E-state index is 2.35. The Labute approximate surface area is 231 Å². The highest BCUT2D eigenvalue weighted by Gasteiger charge is 2.22. The van der Waals surface area contributed by atoms with Crippen molar-refractivity contribution in [3.05, 3.63) is 130 Å². The molecule has 0 N–H and O–H groups in total. The molecule has 0 radical (unpaired) electrons. The van der Waals surface area contributed by atoms with Crippen molar-refractivity contribution in [3.63, 3.8) is 0 Å². The average molecular weight is 575 g/mol. The largest absolute Gasteiger partial charge is 0.144 e. The van der Waals surface area contributed by atoms with Gasteiger partial charge in [0.05, 0.1) is 0 Å². The van der Waals surface area contributed by atoms with E-state index < -0.39 is 15.8 Å². The zero-order valence-corrected chi connectivity index (χ0v) is 24.5. The molecule has 0 aliphatic rings. The van der Waals surface area contributed by atoms with Crippen molar-refractivity contribution < 1.29 is 0 Å². The molecule has 0 fully saturated rings. The summed E-state index contributed by atoms with van der Waals surface area (Å²) in [6.45, 7) is 0. The molecule has 0 atom stereocenters. The number of rotatable bonds is 9. The van der Waals surface area contributed by atoms with E-state index in [0.29, 0.717) is 0 Å². The van der Waals surface area contributed by atoms with Crippen molar-refractivity contribution in [2.24, 2.45) is 0 Å². The van der Waals surface area contributed by atoms with Crippen LogP contribution >= 0.6 is 61.2 Å². The van der Waals surface area contributed by atoms with Crippen LogP contribution in [0.25, 0.3) is 11.1 Å². The second-order valence-corrected chi connectivity index (χ2v) is 17.6. The molecule has 6 aromatic rings. The van der Waals surface area contributed by atoms with E-state index in [-0.39, 0.29) is 0 Å². The summed E-state index contributed by atoms with van der Waals surface area (Å²) in [5, 5.41) is 8.88. The molecule has 4 heterocycles. The van der Waals surface area contributed by atoms with Gasteiger partial charge in [0.25, 0.3) is 0 Å². The molecule has 0 aliphatic carbocycles. The fourth-order valence-corrected chi connectivity index (χ4v) is 14.6. The summed E-state index contributed by atoms with van der Waals surface area (Å²) in [6.07, 6.45) is 2.15. The average Bonchev–Trinajstić information content (AvgIpc) is 3.74. The predicted molar refractivity (Wildman–Crippen MR) is 169 cm³/mol. The third kappa shape index (κ3) is 5.36. The normalized spacial score (nSPS) is 11.5. The van der Waals surface area contributed by atoms with E-state index in [1.165, 1.54) is 40.7 Å². The van der Waals surface area contributed by atoms with Gasteiger partial charge in [-0.25, -0.2) is 0 Å². The van der Waals surface area contributed by atoms with Crippen molar-refractivity contribution in [1.82, 2.24) is 0 Å². The molecule has 0 unspecified atom stereocenters. The van der Waals surface area contributed by atoms with Gasteiger partial charge in [0.1, 0.15) is 0 Å². The summed E-state index contributed by atoms with van der Waals surface area (Å²) in [4.78, 5) is 0. The second-order valence-electron chi connectivity index (χ2n) is 8.29. The maximum Gasteiger partial charge on any atom is 0.0335 e. The number of hydrogen-bond donors (Lipinski definition) is 0. The molecule has 0 saturated carbocycles. The summed E-state index contributed by atoms with van der Waals surface area (Å²) in [6, 6.07) is 36.3. The first-order valence-corrected chi connectivity index (χ1v) is 18.3. The molecule has 6 heteroatoms. The van der Waals surface area contributed by atoms with Gasteiger partial charge >= 0.3 is 0 Å². The molecule has 36 heavy (non-hydrogen) atoms. The first kappa shape index (κ1) is 24.4. The van der Waals surface area contributed by atoms with Gasteiger partial charge in [-0.15, -0.1) is 45.3 Å². The minimum absolute atomic E-state index is 0.401. The third-order valence-electron chi connectivity index (χ3n) is 6.07.